The summed E-state index contributed by atoms with van der Waals surface area (Å²) in [7, 11) is 3.16. The number of aliphatic hydroxyl groups excluding tert-OH is 1. The van der Waals surface area contributed by atoms with Gasteiger partial charge in [-0.2, -0.15) is 0 Å². The first kappa shape index (κ1) is 41.3. The average Bonchev–Trinajstić information content (AvgIpc) is 3.61. The number of hydrogen-bond acceptors (Lipinski definition) is 10. The molecule has 0 bridgehead atoms. The van der Waals surface area contributed by atoms with Crippen LogP contribution in [0.15, 0.2) is 0 Å². The van der Waals surface area contributed by atoms with Crippen molar-refractivity contribution >= 4 is 29.8 Å². The molecule has 0 aromatic carbocycles. The van der Waals surface area contributed by atoms with E-state index in [9.17, 15) is 24.0 Å². The summed E-state index contributed by atoms with van der Waals surface area (Å²) in [4.78, 5) is 53.4. The molecule has 0 aromatic rings. The van der Waals surface area contributed by atoms with Crippen molar-refractivity contribution in [1.29, 1.82) is 0 Å². The van der Waals surface area contributed by atoms with E-state index >= 15 is 0 Å². The van der Waals surface area contributed by atoms with Gasteiger partial charge in [-0.1, -0.05) is 27.7 Å². The Hall–Kier alpha value is -2.85. The van der Waals surface area contributed by atoms with Gasteiger partial charge in [-0.05, 0) is 77.5 Å². The summed E-state index contributed by atoms with van der Waals surface area (Å²) in [6, 6.07) is -1.70. The molecule has 2 saturated heterocycles. The zero-order valence-electron chi connectivity index (χ0n) is 25.6. The van der Waals surface area contributed by atoms with Gasteiger partial charge in [0, 0.05) is 6.54 Å². The van der Waals surface area contributed by atoms with Gasteiger partial charge in [-0.3, -0.25) is 24.1 Å². The summed E-state index contributed by atoms with van der Waals surface area (Å²) in [6.07, 6.45) is 3.11. The largest absolute Gasteiger partial charge is 0.480 e. The molecule has 0 spiro atoms. The summed E-state index contributed by atoms with van der Waals surface area (Å²) < 4.78 is 0. The van der Waals surface area contributed by atoms with Crippen LogP contribution in [0.1, 0.15) is 66.2 Å². The Labute approximate surface area is 247 Å². The van der Waals surface area contributed by atoms with E-state index in [4.69, 9.17) is 30.6 Å². The molecule has 0 aliphatic carbocycles. The highest BCUT2D eigenvalue weighted by Gasteiger charge is 2.27. The molecule has 2 aliphatic heterocycles. The lowest BCUT2D eigenvalue weighted by atomic mass is 10.0. The van der Waals surface area contributed by atoms with Gasteiger partial charge in [-0.15, -0.1) is 0 Å². The smallest absolute Gasteiger partial charge is 0.333 e. The Morgan fingerprint density at radius 1 is 0.762 bits per heavy atom. The third-order valence-electron chi connectivity index (χ3n) is 6.33. The van der Waals surface area contributed by atoms with Crippen LogP contribution in [0.4, 0.5) is 0 Å². The average molecular weight is 609 g/mol. The lowest BCUT2D eigenvalue weighted by Gasteiger charge is -2.26. The number of carboxylic acid groups (broad SMARTS) is 5. The molecule has 42 heavy (non-hydrogen) atoms. The van der Waals surface area contributed by atoms with Crippen molar-refractivity contribution in [3.05, 3.63) is 0 Å². The molecule has 0 saturated carbocycles. The second-order valence-corrected chi connectivity index (χ2v) is 11.1. The minimum atomic E-state index is -1.56. The van der Waals surface area contributed by atoms with E-state index in [2.05, 4.69) is 16.0 Å². The Kier molecular flexibility index (Phi) is 22.3. The minimum Gasteiger partial charge on any atom is -0.480 e. The monoisotopic (exact) mass is 608 g/mol. The van der Waals surface area contributed by atoms with Crippen molar-refractivity contribution in [3.8, 4) is 0 Å². The fourth-order valence-electron chi connectivity index (χ4n) is 4.00. The molecule has 5 atom stereocenters. The van der Waals surface area contributed by atoms with Crippen LogP contribution < -0.4 is 16.0 Å². The van der Waals surface area contributed by atoms with Gasteiger partial charge >= 0.3 is 29.8 Å². The van der Waals surface area contributed by atoms with Crippen LogP contribution in [0.2, 0.25) is 0 Å². The summed E-state index contributed by atoms with van der Waals surface area (Å²) in [5, 5.41) is 60.3. The molecular weight excluding hydrogens is 556 g/mol. The van der Waals surface area contributed by atoms with E-state index in [1.807, 2.05) is 27.7 Å². The highest BCUT2D eigenvalue weighted by Crippen LogP contribution is 2.11. The predicted molar refractivity (Wildman–Crippen MR) is 154 cm³/mol. The molecular formula is C27H52N4O11. The van der Waals surface area contributed by atoms with Crippen LogP contribution in [0.25, 0.3) is 0 Å². The number of aliphatic carboxylic acids is 5. The van der Waals surface area contributed by atoms with Crippen molar-refractivity contribution in [3.63, 3.8) is 0 Å². The van der Waals surface area contributed by atoms with Gasteiger partial charge in [0.2, 0.25) is 0 Å². The van der Waals surface area contributed by atoms with Crippen LogP contribution in [-0.2, 0) is 24.0 Å². The summed E-state index contributed by atoms with van der Waals surface area (Å²) >= 11 is 0. The zero-order chi connectivity index (χ0) is 33.0. The van der Waals surface area contributed by atoms with Gasteiger partial charge in [0.05, 0.1) is 0 Å². The van der Waals surface area contributed by atoms with Gasteiger partial charge in [0.15, 0.2) is 6.10 Å². The van der Waals surface area contributed by atoms with Gasteiger partial charge in [0.25, 0.3) is 0 Å². The normalized spacial score (nSPS) is 19.8. The van der Waals surface area contributed by atoms with Crippen molar-refractivity contribution in [1.82, 2.24) is 20.9 Å². The van der Waals surface area contributed by atoms with Gasteiger partial charge in [-0.25, -0.2) is 4.79 Å². The first-order valence-electron chi connectivity index (χ1n) is 14.1. The van der Waals surface area contributed by atoms with Gasteiger partial charge in [0.1, 0.15) is 24.2 Å². The van der Waals surface area contributed by atoms with E-state index in [0.717, 1.165) is 38.8 Å². The second-order valence-electron chi connectivity index (χ2n) is 11.1. The number of aliphatic hydroxyl groups is 1. The lowest BCUT2D eigenvalue weighted by molar-refractivity contribution is -0.151. The van der Waals surface area contributed by atoms with Crippen molar-refractivity contribution < 1.29 is 54.6 Å². The molecule has 2 heterocycles. The molecule has 0 radical (unpaired) electrons. The Morgan fingerprint density at radius 3 is 1.38 bits per heavy atom. The van der Waals surface area contributed by atoms with E-state index in [-0.39, 0.29) is 30.6 Å². The van der Waals surface area contributed by atoms with Gasteiger partial charge < -0.3 is 46.6 Å². The first-order chi connectivity index (χ1) is 19.4. The SMILES string of the molecule is CC(C)C[C@@H](C(=O)O)N(C)C[C@H](O)C(=O)O.CNC(CC(C)C)C(=O)O.O=C(O)C1CCCN1.O=C(O)[C@@H]1CCCN1. The highest BCUT2D eigenvalue weighted by molar-refractivity contribution is 5.75. The number of hydrogen-bond donors (Lipinski definition) is 9. The topological polar surface area (TPSA) is 246 Å². The van der Waals surface area contributed by atoms with Crippen molar-refractivity contribution in [2.24, 2.45) is 11.8 Å². The maximum atomic E-state index is 11.0. The van der Waals surface area contributed by atoms with Crippen LogP contribution in [0.3, 0.4) is 0 Å². The molecule has 2 rings (SSSR count). The summed E-state index contributed by atoms with van der Waals surface area (Å²) in [6.45, 7) is 9.31. The van der Waals surface area contributed by atoms with Crippen LogP contribution in [0, 0.1) is 11.8 Å². The fourth-order valence-corrected chi connectivity index (χ4v) is 4.00. The van der Waals surface area contributed by atoms with Crippen molar-refractivity contribution in [2.45, 2.75) is 96.5 Å². The summed E-state index contributed by atoms with van der Waals surface area (Å²) in [5.74, 6) is -3.95. The van der Waals surface area contributed by atoms with E-state index in [1.165, 1.54) is 11.9 Å². The molecule has 0 amide bonds. The lowest BCUT2D eigenvalue weighted by Crippen LogP contribution is -2.45. The van der Waals surface area contributed by atoms with Crippen LogP contribution in [0.5, 0.6) is 0 Å². The fraction of sp³-hybridized carbons (Fsp3) is 0.815. The molecule has 2 aliphatic rings. The maximum absolute atomic E-state index is 11.0. The highest BCUT2D eigenvalue weighted by atomic mass is 16.4. The molecule has 15 nitrogen and oxygen atoms in total. The van der Waals surface area contributed by atoms with E-state index in [1.54, 1.807) is 7.05 Å². The number of nitrogens with zero attached hydrogens (tertiary/aromatic N) is 1. The number of likely N-dealkylation sites (N-methyl/N-ethyl adjacent to an activating group) is 2. The predicted octanol–water partition coefficient (Wildman–Crippen LogP) is 0.214. The third kappa shape index (κ3) is 20.1. The van der Waals surface area contributed by atoms with Crippen LogP contribution >= 0.6 is 0 Å². The Morgan fingerprint density at radius 2 is 1.19 bits per heavy atom. The quantitative estimate of drug-likeness (QED) is 0.136. The number of carboxylic acids is 5. The third-order valence-corrected chi connectivity index (χ3v) is 6.33. The number of nitrogens with one attached hydrogen (secondary N) is 3. The molecule has 9 N–H and O–H groups in total. The summed E-state index contributed by atoms with van der Waals surface area (Å²) in [5.41, 5.74) is 0. The minimum absolute atomic E-state index is 0.186. The molecule has 2 unspecified atom stereocenters. The maximum Gasteiger partial charge on any atom is 0.333 e. The van der Waals surface area contributed by atoms with E-state index < -0.39 is 42.0 Å². The molecule has 2 fully saturated rings. The molecule has 0 aromatic heterocycles. The zero-order valence-corrected chi connectivity index (χ0v) is 25.6. The Bertz CT molecular complexity index is 788. The second kappa shape index (κ2) is 22.7. The van der Waals surface area contributed by atoms with Crippen LogP contribution in [-0.4, -0.2) is 129 Å². The number of rotatable bonds is 13. The van der Waals surface area contributed by atoms with E-state index in [0.29, 0.717) is 18.8 Å². The first-order valence-corrected chi connectivity index (χ1v) is 14.1. The molecule has 15 heteroatoms. The van der Waals surface area contributed by atoms with Crippen molar-refractivity contribution in [2.75, 3.05) is 33.7 Å². The Balaban J connectivity index is 0. The number of carbonyl (C=O) groups is 5. The molecule has 246 valence electrons. The standard InChI is InChI=1S/C10H19NO5.C7H15NO2.2C5H9NO2/c1-6(2)4-7(9(13)14)11(3)5-8(12)10(15)16;1-5(2)4-6(8-3)7(9)10;2*7-5(8)4-2-1-3-6-4/h6-8,12H,4-5H2,1-3H3,(H,13,14)(H,15,16);5-6,8H,4H2,1-3H3,(H,9,10);2*4,6H,1-3H2,(H,7,8)/t7-,8-;;4-;/m0.0./s1.